The van der Waals surface area contributed by atoms with Crippen LogP contribution in [0, 0.1) is 34.5 Å². The molecule has 2 saturated heterocycles. The lowest BCUT2D eigenvalue weighted by atomic mass is 9.68. The van der Waals surface area contributed by atoms with Gasteiger partial charge in [0.1, 0.15) is 30.1 Å². The Balaban J connectivity index is 1.34. The number of ether oxygens (including phenoxy) is 4. The molecule has 5 rings (SSSR count). The van der Waals surface area contributed by atoms with Crippen molar-refractivity contribution in [3.05, 3.63) is 16.7 Å². The summed E-state index contributed by atoms with van der Waals surface area (Å²) in [5.74, 6) is 1.89. The topological polar surface area (TPSA) is 201 Å². The molecule has 4 fully saturated rings. The van der Waals surface area contributed by atoms with Gasteiger partial charge in [0, 0.05) is 29.8 Å². The van der Waals surface area contributed by atoms with E-state index in [0.717, 1.165) is 37.4 Å². The van der Waals surface area contributed by atoms with Crippen LogP contribution < -0.4 is 27.8 Å². The lowest BCUT2D eigenvalue weighted by molar-refractivity contribution is -0.270. The fourth-order valence-corrected chi connectivity index (χ4v) is 8.02. The third kappa shape index (κ3) is 7.47. The predicted molar refractivity (Wildman–Crippen MR) is 172 cm³/mol. The molecule has 2 saturated carbocycles. The highest BCUT2D eigenvalue weighted by atomic mass is 16.7. The monoisotopic (exact) mass is 635 g/mol. The summed E-state index contributed by atoms with van der Waals surface area (Å²) < 4.78 is 25.2. The van der Waals surface area contributed by atoms with Gasteiger partial charge < -0.3 is 51.9 Å². The van der Waals surface area contributed by atoms with Crippen molar-refractivity contribution in [1.82, 2.24) is 10.6 Å². The standard InChI is InChI=1S/C32H57N7O6/c1-16(20-11-37-12-20)18(3)38-25-10-24(35)26(29-23(34)7-6-22(44-29)14-42-13-19-8-21(33)9-19)17(2)28(25)45-31-27(40)30(36-5)32(4,39-41)15-43-31/h6,16-17,19-21,23-31,36-37,40H,7-15,33-35H2,1-5H3. The Labute approximate surface area is 267 Å². The van der Waals surface area contributed by atoms with Gasteiger partial charge in [0.25, 0.3) is 0 Å². The normalized spacial score (nSPS) is 45.1. The molecule has 45 heavy (non-hydrogen) atoms. The third-order valence-corrected chi connectivity index (χ3v) is 11.3. The Morgan fingerprint density at radius 3 is 2.60 bits per heavy atom. The summed E-state index contributed by atoms with van der Waals surface area (Å²) in [7, 11) is 1.70. The number of nitroso groups, excluding NO2 is 1. The molecule has 0 radical (unpaired) electrons. The van der Waals surface area contributed by atoms with E-state index in [0.29, 0.717) is 49.9 Å². The second kappa shape index (κ2) is 14.7. The molecular weight excluding hydrogens is 578 g/mol. The maximum Gasteiger partial charge on any atom is 0.185 e. The van der Waals surface area contributed by atoms with Gasteiger partial charge in [-0.05, 0) is 89.4 Å². The second-order valence-corrected chi connectivity index (χ2v) is 14.6. The molecule has 0 aromatic rings. The van der Waals surface area contributed by atoms with E-state index >= 15 is 0 Å². The van der Waals surface area contributed by atoms with Crippen molar-refractivity contribution < 1.29 is 24.1 Å². The van der Waals surface area contributed by atoms with Gasteiger partial charge in [-0.2, -0.15) is 4.91 Å². The van der Waals surface area contributed by atoms with Crippen LogP contribution >= 0.6 is 0 Å². The number of hydrogen-bond acceptors (Lipinski definition) is 13. The summed E-state index contributed by atoms with van der Waals surface area (Å²) in [5.41, 5.74) is 19.5. The van der Waals surface area contributed by atoms with Crippen molar-refractivity contribution in [2.45, 2.75) is 114 Å². The van der Waals surface area contributed by atoms with Crippen LogP contribution in [0.3, 0.4) is 0 Å². The first-order valence-electron chi connectivity index (χ1n) is 16.9. The van der Waals surface area contributed by atoms with Crippen molar-refractivity contribution in [3.63, 3.8) is 0 Å². The highest BCUT2D eigenvalue weighted by molar-refractivity contribution is 5.84. The maximum absolute atomic E-state index is 11.7. The molecule has 9 N–H and O–H groups in total. The van der Waals surface area contributed by atoms with Crippen LogP contribution in [0.25, 0.3) is 0 Å². The Morgan fingerprint density at radius 2 is 1.98 bits per heavy atom. The molecule has 12 unspecified atom stereocenters. The summed E-state index contributed by atoms with van der Waals surface area (Å²) in [6, 6.07) is -1.08. The number of nitrogens with zero attached hydrogens (tertiary/aromatic N) is 2. The number of nitrogens with one attached hydrogen (secondary N) is 2. The van der Waals surface area contributed by atoms with E-state index in [9.17, 15) is 10.0 Å². The Hall–Kier alpha value is -1.55. The van der Waals surface area contributed by atoms with Gasteiger partial charge in [-0.15, -0.1) is 0 Å². The van der Waals surface area contributed by atoms with E-state index < -0.39 is 30.1 Å². The van der Waals surface area contributed by atoms with Gasteiger partial charge >= 0.3 is 0 Å². The molecule has 0 amide bonds. The van der Waals surface area contributed by atoms with Crippen LogP contribution in [0.2, 0.25) is 0 Å². The van der Waals surface area contributed by atoms with E-state index in [2.05, 4.69) is 36.6 Å². The predicted octanol–water partition coefficient (Wildman–Crippen LogP) is 0.624. The number of hydrogen-bond donors (Lipinski definition) is 6. The number of rotatable bonds is 12. The molecule has 256 valence electrons. The minimum Gasteiger partial charge on any atom is -0.491 e. The van der Waals surface area contributed by atoms with Crippen LogP contribution in [0.5, 0.6) is 0 Å². The average molecular weight is 636 g/mol. The zero-order chi connectivity index (χ0) is 32.5. The molecule has 2 aliphatic carbocycles. The van der Waals surface area contributed by atoms with Gasteiger partial charge in [0.15, 0.2) is 6.29 Å². The highest BCUT2D eigenvalue weighted by Crippen LogP contribution is 2.41. The molecule has 13 nitrogen and oxygen atoms in total. The molecular formula is C32H57N7O6. The largest absolute Gasteiger partial charge is 0.491 e. The zero-order valence-corrected chi connectivity index (χ0v) is 27.6. The van der Waals surface area contributed by atoms with Crippen molar-refractivity contribution in [2.75, 3.05) is 40.0 Å². The van der Waals surface area contributed by atoms with Crippen LogP contribution in [0.4, 0.5) is 0 Å². The average Bonchev–Trinajstić information content (AvgIpc) is 2.95. The number of aliphatic imine (C=N–C) groups is 1. The minimum absolute atomic E-state index is 0.0179. The summed E-state index contributed by atoms with van der Waals surface area (Å²) in [5, 5.41) is 21.0. The quantitative estimate of drug-likeness (QED) is 0.130. The zero-order valence-electron chi connectivity index (χ0n) is 27.6. The molecule has 0 aromatic heterocycles. The van der Waals surface area contributed by atoms with E-state index in [1.165, 1.54) is 0 Å². The summed E-state index contributed by atoms with van der Waals surface area (Å²) in [6.45, 7) is 11.1. The van der Waals surface area contributed by atoms with E-state index in [1.54, 1.807) is 14.0 Å². The second-order valence-electron chi connectivity index (χ2n) is 14.6. The van der Waals surface area contributed by atoms with E-state index in [-0.39, 0.29) is 42.7 Å². The van der Waals surface area contributed by atoms with Crippen molar-refractivity contribution in [1.29, 1.82) is 0 Å². The van der Waals surface area contributed by atoms with Crippen LogP contribution in [-0.2, 0) is 18.9 Å². The molecule has 0 spiro atoms. The van der Waals surface area contributed by atoms with Gasteiger partial charge in [-0.25, -0.2) is 0 Å². The van der Waals surface area contributed by atoms with Crippen molar-refractivity contribution in [2.24, 2.45) is 57.0 Å². The number of aliphatic hydroxyl groups excluding tert-OH is 1. The van der Waals surface area contributed by atoms with Gasteiger partial charge in [-0.1, -0.05) is 19.0 Å². The molecule has 0 aromatic carbocycles. The van der Waals surface area contributed by atoms with E-state index in [4.69, 9.17) is 41.1 Å². The fraction of sp³-hybridized carbons (Fsp3) is 0.906. The Bertz CT molecular complexity index is 1070. The third-order valence-electron chi connectivity index (χ3n) is 11.3. The Morgan fingerprint density at radius 1 is 1.24 bits per heavy atom. The molecule has 3 aliphatic heterocycles. The first kappa shape index (κ1) is 34.8. The lowest BCUT2D eigenvalue weighted by Gasteiger charge is -2.50. The Kier molecular flexibility index (Phi) is 11.4. The number of likely N-dealkylation sites (N-methyl/N-ethyl adjacent to an activating group) is 1. The van der Waals surface area contributed by atoms with Crippen molar-refractivity contribution >= 4 is 5.71 Å². The van der Waals surface area contributed by atoms with Crippen LogP contribution in [-0.4, -0.2) is 111 Å². The smallest absolute Gasteiger partial charge is 0.185 e. The highest BCUT2D eigenvalue weighted by Gasteiger charge is 2.53. The molecule has 3 heterocycles. The van der Waals surface area contributed by atoms with E-state index in [1.807, 2.05) is 6.08 Å². The van der Waals surface area contributed by atoms with Crippen molar-refractivity contribution in [3.8, 4) is 0 Å². The molecule has 5 aliphatic rings. The summed E-state index contributed by atoms with van der Waals surface area (Å²) in [4.78, 5) is 16.9. The minimum atomic E-state index is -1.13. The van der Waals surface area contributed by atoms with Crippen LogP contribution in [0.1, 0.15) is 53.4 Å². The number of aliphatic hydroxyl groups is 1. The molecule has 0 bridgehead atoms. The summed E-state index contributed by atoms with van der Waals surface area (Å²) >= 11 is 0. The SMILES string of the molecule is CNC1C(O)C(OC2C(N=C(C)C(C)C3CNC3)CC(N)C(C3OC(COCC4CC(N)C4)=CCC3N)C2C)OCC1(C)N=O. The molecule has 12 atom stereocenters. The lowest BCUT2D eigenvalue weighted by Crippen LogP contribution is -2.66. The maximum atomic E-state index is 11.7. The van der Waals surface area contributed by atoms with Crippen LogP contribution in [0.15, 0.2) is 22.0 Å². The summed E-state index contributed by atoms with van der Waals surface area (Å²) in [6.07, 6.45) is 2.39. The van der Waals surface area contributed by atoms with Gasteiger partial charge in [-0.3, -0.25) is 4.99 Å². The molecule has 13 heteroatoms. The first-order chi connectivity index (χ1) is 21.4. The van der Waals surface area contributed by atoms with Gasteiger partial charge in [0.05, 0.1) is 31.4 Å². The fourth-order valence-electron chi connectivity index (χ4n) is 8.02. The number of nitrogens with two attached hydrogens (primary N) is 3. The van der Waals surface area contributed by atoms with Gasteiger partial charge in [0.2, 0.25) is 0 Å². The first-order valence-corrected chi connectivity index (χ1v) is 16.9.